The minimum Gasteiger partial charge on any atom is -0.465 e. The number of fused-ring (bicyclic) bond motifs is 3. The van der Waals surface area contributed by atoms with Gasteiger partial charge in [-0.3, -0.25) is 0 Å². The lowest BCUT2D eigenvalue weighted by Gasteiger charge is -2.23. The molecule has 0 N–H and O–H groups in total. The van der Waals surface area contributed by atoms with E-state index < -0.39 is 0 Å². The molecule has 1 atom stereocenters. The number of rotatable bonds is 1. The van der Waals surface area contributed by atoms with Crippen LogP contribution in [0.25, 0.3) is 10.8 Å². The number of hydrogen-bond acceptors (Lipinski definition) is 1. The number of halogens is 1. The van der Waals surface area contributed by atoms with Crippen LogP contribution in [0.4, 0.5) is 0 Å². The average Bonchev–Trinajstić information content (AvgIpc) is 2.54. The number of benzene rings is 3. The van der Waals surface area contributed by atoms with Gasteiger partial charge in [-0.15, -0.1) is 0 Å². The first-order valence-corrected chi connectivity index (χ1v) is 7.73. The molecule has 0 fully saturated rings. The van der Waals surface area contributed by atoms with Crippen LogP contribution in [-0.4, -0.2) is 0 Å². The summed E-state index contributed by atoms with van der Waals surface area (Å²) < 4.78 is 6.82. The maximum atomic E-state index is 5.72. The van der Waals surface area contributed by atoms with Crippen molar-refractivity contribution in [3.63, 3.8) is 0 Å². The molecule has 1 aliphatic heterocycles. The van der Waals surface area contributed by atoms with Crippen molar-refractivity contribution in [3.05, 3.63) is 88.6 Å². The molecule has 0 saturated carbocycles. The molecule has 1 heterocycles. The molecular formula is C19H13BrO. The van der Waals surface area contributed by atoms with Gasteiger partial charge in [-0.25, -0.2) is 0 Å². The molecule has 1 aliphatic rings. The van der Waals surface area contributed by atoms with Crippen molar-refractivity contribution >= 4 is 26.7 Å². The topological polar surface area (TPSA) is 9.23 Å². The zero-order chi connectivity index (χ0) is 14.2. The van der Waals surface area contributed by atoms with Crippen molar-refractivity contribution in [1.82, 2.24) is 0 Å². The number of ether oxygens (including phenoxy) is 1. The lowest BCUT2D eigenvalue weighted by atomic mass is 9.86. The van der Waals surface area contributed by atoms with Gasteiger partial charge in [0.1, 0.15) is 5.75 Å². The predicted molar refractivity (Wildman–Crippen MR) is 89.7 cm³/mol. The Morgan fingerprint density at radius 2 is 1.76 bits per heavy atom. The Bertz CT molecular complexity index is 837. The SMILES string of the molecule is Brc1ccc2c3c(ccc2c1)OC=CC3c1ccccc1. The molecule has 4 rings (SSSR count). The first kappa shape index (κ1) is 12.7. The van der Waals surface area contributed by atoms with Gasteiger partial charge in [0.05, 0.1) is 6.26 Å². The van der Waals surface area contributed by atoms with E-state index in [-0.39, 0.29) is 5.92 Å². The van der Waals surface area contributed by atoms with Gasteiger partial charge < -0.3 is 4.74 Å². The van der Waals surface area contributed by atoms with Crippen molar-refractivity contribution in [2.24, 2.45) is 0 Å². The lowest BCUT2D eigenvalue weighted by Crippen LogP contribution is -2.06. The Labute approximate surface area is 132 Å². The van der Waals surface area contributed by atoms with E-state index in [2.05, 4.69) is 76.6 Å². The summed E-state index contributed by atoms with van der Waals surface area (Å²) in [5.74, 6) is 1.18. The molecule has 0 spiro atoms. The fourth-order valence-electron chi connectivity index (χ4n) is 2.95. The second kappa shape index (κ2) is 5.05. The zero-order valence-electron chi connectivity index (χ0n) is 11.3. The van der Waals surface area contributed by atoms with E-state index in [9.17, 15) is 0 Å². The van der Waals surface area contributed by atoms with E-state index in [0.29, 0.717) is 0 Å². The third-order valence-electron chi connectivity index (χ3n) is 3.92. The minimum absolute atomic E-state index is 0.236. The van der Waals surface area contributed by atoms with Crippen LogP contribution in [0.3, 0.4) is 0 Å². The van der Waals surface area contributed by atoms with Crippen molar-refractivity contribution in [2.75, 3.05) is 0 Å². The highest BCUT2D eigenvalue weighted by atomic mass is 79.9. The van der Waals surface area contributed by atoms with Gasteiger partial charge in [0.2, 0.25) is 0 Å². The fraction of sp³-hybridized carbons (Fsp3) is 0.0526. The van der Waals surface area contributed by atoms with Crippen LogP contribution in [0, 0.1) is 0 Å². The largest absolute Gasteiger partial charge is 0.465 e. The van der Waals surface area contributed by atoms with Crippen LogP contribution in [-0.2, 0) is 0 Å². The summed E-state index contributed by atoms with van der Waals surface area (Å²) >= 11 is 3.54. The molecular weight excluding hydrogens is 324 g/mol. The molecule has 0 radical (unpaired) electrons. The van der Waals surface area contributed by atoms with Gasteiger partial charge in [0, 0.05) is 16.0 Å². The Kier molecular flexibility index (Phi) is 3.04. The first-order chi connectivity index (χ1) is 10.3. The van der Waals surface area contributed by atoms with Crippen molar-refractivity contribution < 1.29 is 4.74 Å². The molecule has 1 nitrogen and oxygen atoms in total. The predicted octanol–water partition coefficient (Wildman–Crippen LogP) is 5.64. The van der Waals surface area contributed by atoms with Gasteiger partial charge in [0.15, 0.2) is 0 Å². The highest BCUT2D eigenvalue weighted by Gasteiger charge is 2.21. The quantitative estimate of drug-likeness (QED) is 0.558. The summed E-state index contributed by atoms with van der Waals surface area (Å²) in [6.45, 7) is 0. The number of allylic oxidation sites excluding steroid dienone is 1. The average molecular weight is 337 g/mol. The Hall–Kier alpha value is -2.06. The van der Waals surface area contributed by atoms with E-state index in [4.69, 9.17) is 4.74 Å². The molecule has 102 valence electrons. The van der Waals surface area contributed by atoms with Gasteiger partial charge >= 0.3 is 0 Å². The smallest absolute Gasteiger partial charge is 0.131 e. The van der Waals surface area contributed by atoms with Gasteiger partial charge in [0.25, 0.3) is 0 Å². The fourth-order valence-corrected chi connectivity index (χ4v) is 3.33. The molecule has 0 amide bonds. The monoisotopic (exact) mass is 336 g/mol. The summed E-state index contributed by atoms with van der Waals surface area (Å²) in [4.78, 5) is 0. The second-order valence-corrected chi connectivity index (χ2v) is 6.09. The maximum Gasteiger partial charge on any atom is 0.131 e. The molecule has 0 saturated heterocycles. The third kappa shape index (κ3) is 2.16. The van der Waals surface area contributed by atoms with E-state index in [1.165, 1.54) is 21.9 Å². The van der Waals surface area contributed by atoms with Crippen molar-refractivity contribution in [1.29, 1.82) is 0 Å². The van der Waals surface area contributed by atoms with Crippen LogP contribution in [0.5, 0.6) is 5.75 Å². The summed E-state index contributed by atoms with van der Waals surface area (Å²) in [5, 5.41) is 2.47. The van der Waals surface area contributed by atoms with Gasteiger partial charge in [-0.2, -0.15) is 0 Å². The van der Waals surface area contributed by atoms with Gasteiger partial charge in [-0.1, -0.05) is 58.4 Å². The highest BCUT2D eigenvalue weighted by Crippen LogP contribution is 2.41. The van der Waals surface area contributed by atoms with Crippen LogP contribution in [0.1, 0.15) is 17.0 Å². The normalized spacial score (nSPS) is 16.5. The Morgan fingerprint density at radius 1 is 0.905 bits per heavy atom. The second-order valence-electron chi connectivity index (χ2n) is 5.18. The van der Waals surface area contributed by atoms with E-state index in [1.54, 1.807) is 6.26 Å². The maximum absolute atomic E-state index is 5.72. The Balaban J connectivity index is 1.99. The van der Waals surface area contributed by atoms with Crippen LogP contribution < -0.4 is 4.74 Å². The van der Waals surface area contributed by atoms with Crippen molar-refractivity contribution in [2.45, 2.75) is 5.92 Å². The number of hydrogen-bond donors (Lipinski definition) is 0. The zero-order valence-corrected chi connectivity index (χ0v) is 12.9. The van der Waals surface area contributed by atoms with E-state index in [0.717, 1.165) is 10.2 Å². The molecule has 1 unspecified atom stereocenters. The summed E-state index contributed by atoms with van der Waals surface area (Å²) in [6.07, 6.45) is 3.92. The third-order valence-corrected chi connectivity index (χ3v) is 4.41. The Morgan fingerprint density at radius 3 is 2.62 bits per heavy atom. The molecule has 0 aromatic heterocycles. The minimum atomic E-state index is 0.236. The van der Waals surface area contributed by atoms with Crippen LogP contribution >= 0.6 is 15.9 Å². The standard InChI is InChI=1S/C19H13BrO/c20-15-7-8-16-14(12-15)6-9-18-19(16)17(10-11-21-18)13-4-2-1-3-5-13/h1-12,17H. The molecule has 3 aromatic carbocycles. The summed E-state index contributed by atoms with van der Waals surface area (Å²) in [7, 11) is 0. The van der Waals surface area contributed by atoms with Crippen LogP contribution in [0.15, 0.2) is 77.5 Å². The molecule has 0 bridgehead atoms. The van der Waals surface area contributed by atoms with Gasteiger partial charge in [-0.05, 0) is 40.6 Å². The molecule has 21 heavy (non-hydrogen) atoms. The van der Waals surface area contributed by atoms with Crippen LogP contribution in [0.2, 0.25) is 0 Å². The molecule has 0 aliphatic carbocycles. The first-order valence-electron chi connectivity index (χ1n) is 6.93. The van der Waals surface area contributed by atoms with Crippen molar-refractivity contribution in [3.8, 4) is 5.75 Å². The summed E-state index contributed by atoms with van der Waals surface area (Å²) in [5.41, 5.74) is 2.53. The molecule has 3 aromatic rings. The molecule has 2 heteroatoms. The highest BCUT2D eigenvalue weighted by molar-refractivity contribution is 9.10. The van der Waals surface area contributed by atoms with E-state index in [1.807, 2.05) is 6.07 Å². The van der Waals surface area contributed by atoms with E-state index >= 15 is 0 Å². The summed E-state index contributed by atoms with van der Waals surface area (Å²) in [6, 6.07) is 21.1. The lowest BCUT2D eigenvalue weighted by molar-refractivity contribution is 0.460.